The third-order valence-electron chi connectivity index (χ3n) is 5.03. The van der Waals surface area contributed by atoms with Gasteiger partial charge in [-0.25, -0.2) is 0 Å². The Morgan fingerprint density at radius 3 is 1.54 bits per heavy atom. The molecule has 0 spiro atoms. The maximum atomic E-state index is 11.0. The number of rotatable bonds is 19. The Bertz CT molecular complexity index is 444. The van der Waals surface area contributed by atoms with Crippen molar-refractivity contribution in [2.75, 3.05) is 26.2 Å². The van der Waals surface area contributed by atoms with Gasteiger partial charge in [0.05, 0.1) is 45.4 Å². The fourth-order valence-electron chi connectivity index (χ4n) is 3.31. The molecule has 7 nitrogen and oxygen atoms in total. The number of quaternary nitrogens is 1. The zero-order chi connectivity index (χ0) is 21.3. The highest BCUT2D eigenvalue weighted by Crippen LogP contribution is 2.16. The molecule has 0 aliphatic carbocycles. The highest BCUT2D eigenvalue weighted by atomic mass is 16.4. The molecule has 0 heterocycles. The Kier molecular flexibility index (Phi) is 15.0. The van der Waals surface area contributed by atoms with Crippen LogP contribution in [-0.2, 0) is 14.4 Å². The second-order valence-corrected chi connectivity index (χ2v) is 7.48. The van der Waals surface area contributed by atoms with Gasteiger partial charge in [-0.15, -0.1) is 0 Å². The van der Waals surface area contributed by atoms with Gasteiger partial charge in [0.2, 0.25) is 0 Å². The molecule has 0 bridgehead atoms. The molecule has 162 valence electrons. The average molecular weight is 401 g/mol. The van der Waals surface area contributed by atoms with E-state index < -0.39 is 17.9 Å². The van der Waals surface area contributed by atoms with Gasteiger partial charge in [0, 0.05) is 0 Å². The maximum absolute atomic E-state index is 11.0. The number of hydrogen-bond donors (Lipinski definition) is 3. The molecular formula is C21H38NO6+. The van der Waals surface area contributed by atoms with Crippen LogP contribution in [0.5, 0.6) is 0 Å². The van der Waals surface area contributed by atoms with Gasteiger partial charge in [-0.3, -0.25) is 14.4 Å². The normalized spacial score (nSPS) is 11.8. The second kappa shape index (κ2) is 16.1. The summed E-state index contributed by atoms with van der Waals surface area (Å²) in [7, 11) is 0. The largest absolute Gasteiger partial charge is 0.481 e. The first kappa shape index (κ1) is 26.1. The number of aliphatic carboxylic acids is 3. The van der Waals surface area contributed by atoms with Crippen LogP contribution in [0.1, 0.15) is 77.6 Å². The van der Waals surface area contributed by atoms with Crippen molar-refractivity contribution in [3.05, 3.63) is 12.2 Å². The molecule has 0 aliphatic rings. The van der Waals surface area contributed by atoms with Crippen LogP contribution in [0.4, 0.5) is 0 Å². The fourth-order valence-corrected chi connectivity index (χ4v) is 3.31. The smallest absolute Gasteiger partial charge is 0.309 e. The van der Waals surface area contributed by atoms with Crippen molar-refractivity contribution < 1.29 is 34.2 Å². The Labute approximate surface area is 168 Å². The second-order valence-electron chi connectivity index (χ2n) is 7.48. The van der Waals surface area contributed by atoms with E-state index in [4.69, 9.17) is 15.3 Å². The number of allylic oxidation sites excluding steroid dienone is 2. The van der Waals surface area contributed by atoms with E-state index in [1.54, 1.807) is 0 Å². The SMILES string of the molecule is CCC/C=C/CCCCCCC[N+](CCC(=O)O)(CCC(=O)O)CCC(=O)O. The highest BCUT2D eigenvalue weighted by Gasteiger charge is 2.29. The van der Waals surface area contributed by atoms with Gasteiger partial charge < -0.3 is 19.8 Å². The molecule has 28 heavy (non-hydrogen) atoms. The molecule has 0 radical (unpaired) electrons. The quantitative estimate of drug-likeness (QED) is 0.172. The number of hydrogen-bond acceptors (Lipinski definition) is 3. The van der Waals surface area contributed by atoms with Crippen molar-refractivity contribution in [3.63, 3.8) is 0 Å². The minimum atomic E-state index is -0.940. The molecule has 0 aromatic rings. The Morgan fingerprint density at radius 2 is 1.07 bits per heavy atom. The van der Waals surface area contributed by atoms with Gasteiger partial charge in [-0.1, -0.05) is 38.3 Å². The van der Waals surface area contributed by atoms with Gasteiger partial charge in [0.15, 0.2) is 0 Å². The van der Waals surface area contributed by atoms with Gasteiger partial charge in [0.25, 0.3) is 0 Å². The zero-order valence-electron chi connectivity index (χ0n) is 17.3. The van der Waals surface area contributed by atoms with Gasteiger partial charge in [-0.05, 0) is 32.1 Å². The van der Waals surface area contributed by atoms with Crippen LogP contribution < -0.4 is 0 Å². The van der Waals surface area contributed by atoms with E-state index in [2.05, 4.69) is 19.1 Å². The van der Waals surface area contributed by atoms with E-state index >= 15 is 0 Å². The summed E-state index contributed by atoms with van der Waals surface area (Å²) in [6, 6.07) is 0. The van der Waals surface area contributed by atoms with E-state index in [9.17, 15) is 14.4 Å². The molecule has 0 unspecified atom stereocenters. The average Bonchev–Trinajstić information content (AvgIpc) is 2.63. The first-order valence-electron chi connectivity index (χ1n) is 10.5. The van der Waals surface area contributed by atoms with E-state index in [0.717, 1.165) is 44.9 Å². The summed E-state index contributed by atoms with van der Waals surface area (Å²) in [6.45, 7) is 3.62. The van der Waals surface area contributed by atoms with Crippen LogP contribution in [0.2, 0.25) is 0 Å². The zero-order valence-corrected chi connectivity index (χ0v) is 17.3. The van der Waals surface area contributed by atoms with Crippen molar-refractivity contribution in [1.29, 1.82) is 0 Å². The molecule has 0 saturated heterocycles. The number of carboxylic acid groups (broad SMARTS) is 3. The topological polar surface area (TPSA) is 112 Å². The van der Waals surface area contributed by atoms with Crippen molar-refractivity contribution in [2.45, 2.75) is 77.6 Å². The van der Waals surface area contributed by atoms with Crippen LogP contribution in [0, 0.1) is 0 Å². The summed E-state index contributed by atoms with van der Waals surface area (Å²) in [5.41, 5.74) is 0. The summed E-state index contributed by atoms with van der Waals surface area (Å²) in [5, 5.41) is 27.1. The van der Waals surface area contributed by atoms with Crippen LogP contribution in [-0.4, -0.2) is 63.9 Å². The summed E-state index contributed by atoms with van der Waals surface area (Å²) >= 11 is 0. The third-order valence-corrected chi connectivity index (χ3v) is 5.03. The van der Waals surface area contributed by atoms with Crippen LogP contribution in [0.3, 0.4) is 0 Å². The minimum Gasteiger partial charge on any atom is -0.481 e. The molecule has 0 rings (SSSR count). The Balaban J connectivity index is 4.51. The summed E-state index contributed by atoms with van der Waals surface area (Å²) in [6.07, 6.45) is 12.8. The molecule has 3 N–H and O–H groups in total. The maximum Gasteiger partial charge on any atom is 0.309 e. The van der Waals surface area contributed by atoms with Gasteiger partial charge >= 0.3 is 17.9 Å². The van der Waals surface area contributed by atoms with E-state index in [0.29, 0.717) is 6.54 Å². The Morgan fingerprint density at radius 1 is 0.643 bits per heavy atom. The monoisotopic (exact) mass is 400 g/mol. The van der Waals surface area contributed by atoms with Crippen molar-refractivity contribution >= 4 is 17.9 Å². The molecule has 0 aromatic heterocycles. The van der Waals surface area contributed by atoms with E-state index in [-0.39, 0.29) is 43.4 Å². The van der Waals surface area contributed by atoms with E-state index in [1.807, 2.05) is 0 Å². The lowest BCUT2D eigenvalue weighted by Crippen LogP contribution is -2.52. The molecule has 0 aromatic carbocycles. The minimum absolute atomic E-state index is 0.0800. The van der Waals surface area contributed by atoms with Gasteiger partial charge in [0.1, 0.15) is 0 Å². The summed E-state index contributed by atoms with van der Waals surface area (Å²) < 4.78 is 0.255. The van der Waals surface area contributed by atoms with E-state index in [1.165, 1.54) is 6.42 Å². The third kappa shape index (κ3) is 15.2. The molecule has 7 heteroatoms. The first-order chi connectivity index (χ1) is 13.3. The number of carbonyl (C=O) groups is 3. The molecular weight excluding hydrogens is 362 g/mol. The molecule has 0 saturated carbocycles. The van der Waals surface area contributed by atoms with Crippen LogP contribution in [0.15, 0.2) is 12.2 Å². The van der Waals surface area contributed by atoms with Crippen molar-refractivity contribution in [1.82, 2.24) is 0 Å². The predicted octanol–water partition coefficient (Wildman–Crippen LogP) is 3.92. The Hall–Kier alpha value is -1.89. The van der Waals surface area contributed by atoms with Crippen molar-refractivity contribution in [3.8, 4) is 0 Å². The molecule has 0 fully saturated rings. The molecule has 0 atom stereocenters. The predicted molar refractivity (Wildman–Crippen MR) is 108 cm³/mol. The van der Waals surface area contributed by atoms with Crippen LogP contribution >= 0.6 is 0 Å². The van der Waals surface area contributed by atoms with Gasteiger partial charge in [-0.2, -0.15) is 0 Å². The van der Waals surface area contributed by atoms with Crippen LogP contribution in [0.25, 0.3) is 0 Å². The van der Waals surface area contributed by atoms with Crippen molar-refractivity contribution in [2.24, 2.45) is 0 Å². The summed E-state index contributed by atoms with van der Waals surface area (Å²) in [4.78, 5) is 33.0. The number of nitrogens with zero attached hydrogens (tertiary/aromatic N) is 1. The summed E-state index contributed by atoms with van der Waals surface area (Å²) in [5.74, 6) is -2.82. The number of carboxylic acids is 3. The number of unbranched alkanes of at least 4 members (excludes halogenated alkanes) is 6. The lowest BCUT2D eigenvalue weighted by molar-refractivity contribution is -0.927. The highest BCUT2D eigenvalue weighted by molar-refractivity contribution is 5.67. The lowest BCUT2D eigenvalue weighted by Gasteiger charge is -2.38. The molecule has 0 aliphatic heterocycles. The standard InChI is InChI=1S/C21H37NO6/c1-2-3-4-5-6-7-8-9-10-11-15-22(16-12-19(23)24,17-13-20(25)26)18-14-21(27)28/h4-5H,2-3,6-18H2,1H3,(H2-,23,24,25,26,27,28)/p+1/b5-4+. The molecule has 0 amide bonds. The first-order valence-corrected chi connectivity index (χ1v) is 10.5. The lowest BCUT2D eigenvalue weighted by atomic mass is 10.1. The fraction of sp³-hybridized carbons (Fsp3) is 0.762.